The number of rotatable bonds is 2. The summed E-state index contributed by atoms with van der Waals surface area (Å²) in [5, 5.41) is 0.554. The molecule has 2 amide bonds. The van der Waals surface area contributed by atoms with E-state index >= 15 is 0 Å². The van der Waals surface area contributed by atoms with Crippen LogP contribution in [-0.4, -0.2) is 36.3 Å². The Morgan fingerprint density at radius 3 is 2.45 bits per heavy atom. The lowest BCUT2D eigenvalue weighted by molar-refractivity contribution is -0.135. The Bertz CT molecular complexity index is 568. The zero-order valence-electron chi connectivity index (χ0n) is 12.6. The highest BCUT2D eigenvalue weighted by molar-refractivity contribution is 6.33. The van der Waals surface area contributed by atoms with Crippen LogP contribution in [0.15, 0.2) is 24.3 Å². The van der Waals surface area contributed by atoms with Crippen molar-refractivity contribution in [3.63, 3.8) is 0 Å². The Labute approximate surface area is 136 Å². The van der Waals surface area contributed by atoms with Crippen molar-refractivity contribution in [2.75, 3.05) is 24.5 Å². The maximum Gasteiger partial charge on any atom is 0.228 e. The van der Waals surface area contributed by atoms with Crippen molar-refractivity contribution in [3.05, 3.63) is 29.3 Å². The maximum absolute atomic E-state index is 12.7. The van der Waals surface area contributed by atoms with Crippen molar-refractivity contribution in [2.24, 2.45) is 5.92 Å². The van der Waals surface area contributed by atoms with Crippen LogP contribution < -0.4 is 4.90 Å². The molecule has 2 saturated heterocycles. The Morgan fingerprint density at radius 1 is 1.09 bits per heavy atom. The van der Waals surface area contributed by atoms with Crippen LogP contribution in [0.3, 0.4) is 0 Å². The summed E-state index contributed by atoms with van der Waals surface area (Å²) in [7, 11) is 0. The highest BCUT2D eigenvalue weighted by Crippen LogP contribution is 2.31. The molecule has 5 heteroatoms. The second-order valence-corrected chi connectivity index (χ2v) is 6.50. The molecule has 1 aromatic carbocycles. The van der Waals surface area contributed by atoms with E-state index in [1.807, 2.05) is 23.1 Å². The van der Waals surface area contributed by atoms with Gasteiger partial charge in [-0.2, -0.15) is 0 Å². The van der Waals surface area contributed by atoms with Crippen LogP contribution >= 0.6 is 11.6 Å². The average molecular weight is 321 g/mol. The van der Waals surface area contributed by atoms with Gasteiger partial charge in [-0.1, -0.05) is 36.6 Å². The first-order valence-corrected chi connectivity index (χ1v) is 8.38. The molecule has 1 aromatic rings. The number of likely N-dealkylation sites (tertiary alicyclic amines) is 1. The summed E-state index contributed by atoms with van der Waals surface area (Å²) in [6, 6.07) is 7.30. The quantitative estimate of drug-likeness (QED) is 0.840. The molecule has 118 valence electrons. The predicted octanol–water partition coefficient (Wildman–Crippen LogP) is 3.10. The van der Waals surface area contributed by atoms with Gasteiger partial charge < -0.3 is 9.80 Å². The molecule has 3 rings (SSSR count). The molecule has 0 radical (unpaired) electrons. The zero-order chi connectivity index (χ0) is 15.5. The lowest BCUT2D eigenvalue weighted by Gasteiger charge is -2.24. The fraction of sp³-hybridized carbons (Fsp3) is 0.529. The summed E-state index contributed by atoms with van der Waals surface area (Å²) in [6.45, 7) is 2.10. The molecular weight excluding hydrogens is 300 g/mol. The van der Waals surface area contributed by atoms with Crippen LogP contribution in [0.5, 0.6) is 0 Å². The summed E-state index contributed by atoms with van der Waals surface area (Å²) in [5.74, 6) is -0.118. The van der Waals surface area contributed by atoms with Gasteiger partial charge in [0.2, 0.25) is 11.8 Å². The zero-order valence-corrected chi connectivity index (χ0v) is 13.4. The molecule has 2 aliphatic heterocycles. The van der Waals surface area contributed by atoms with Gasteiger partial charge in [-0.05, 0) is 25.0 Å². The first-order chi connectivity index (χ1) is 10.7. The summed E-state index contributed by atoms with van der Waals surface area (Å²) in [5.41, 5.74) is 0.709. The third-order valence-corrected chi connectivity index (χ3v) is 4.85. The molecule has 2 heterocycles. The van der Waals surface area contributed by atoms with E-state index < -0.39 is 0 Å². The predicted molar refractivity (Wildman–Crippen MR) is 87.0 cm³/mol. The molecule has 0 aliphatic carbocycles. The van der Waals surface area contributed by atoms with Crippen molar-refractivity contribution in [3.8, 4) is 0 Å². The lowest BCUT2D eigenvalue weighted by Crippen LogP contribution is -2.38. The van der Waals surface area contributed by atoms with Gasteiger partial charge in [-0.25, -0.2) is 0 Å². The third kappa shape index (κ3) is 3.12. The Balaban J connectivity index is 1.71. The van der Waals surface area contributed by atoms with Crippen molar-refractivity contribution < 1.29 is 9.59 Å². The number of nitrogens with zero attached hydrogens (tertiary/aromatic N) is 2. The van der Waals surface area contributed by atoms with Crippen LogP contribution in [0, 0.1) is 5.92 Å². The SMILES string of the molecule is O=C(C1CC(=O)N(c2ccccc2Cl)C1)N1CCCCCC1. The van der Waals surface area contributed by atoms with Gasteiger partial charge in [0.1, 0.15) is 0 Å². The van der Waals surface area contributed by atoms with Gasteiger partial charge in [0.15, 0.2) is 0 Å². The molecule has 2 fully saturated rings. The van der Waals surface area contributed by atoms with E-state index in [0.29, 0.717) is 23.7 Å². The lowest BCUT2D eigenvalue weighted by atomic mass is 10.1. The molecule has 0 spiro atoms. The van der Waals surface area contributed by atoms with Gasteiger partial charge >= 0.3 is 0 Å². The summed E-state index contributed by atoms with van der Waals surface area (Å²) >= 11 is 6.18. The van der Waals surface area contributed by atoms with Gasteiger partial charge in [-0.15, -0.1) is 0 Å². The standard InChI is InChI=1S/C17H21ClN2O2/c18-14-7-3-4-8-15(14)20-12-13(11-16(20)21)17(22)19-9-5-1-2-6-10-19/h3-4,7-8,13H,1-2,5-6,9-12H2. The van der Waals surface area contributed by atoms with E-state index in [4.69, 9.17) is 11.6 Å². The molecule has 2 aliphatic rings. The number of halogens is 1. The minimum absolute atomic E-state index is 0.0127. The molecular formula is C17H21ClN2O2. The topological polar surface area (TPSA) is 40.6 Å². The average Bonchev–Trinajstić information content (AvgIpc) is 2.74. The van der Waals surface area contributed by atoms with Crippen LogP contribution in [0.25, 0.3) is 0 Å². The molecule has 0 aromatic heterocycles. The van der Waals surface area contributed by atoms with E-state index in [-0.39, 0.29) is 17.7 Å². The van der Waals surface area contributed by atoms with Gasteiger partial charge in [-0.3, -0.25) is 9.59 Å². The van der Waals surface area contributed by atoms with E-state index in [2.05, 4.69) is 0 Å². The Morgan fingerprint density at radius 2 is 1.77 bits per heavy atom. The van der Waals surface area contributed by atoms with Crippen molar-refractivity contribution in [1.29, 1.82) is 0 Å². The van der Waals surface area contributed by atoms with Crippen molar-refractivity contribution in [2.45, 2.75) is 32.1 Å². The minimum Gasteiger partial charge on any atom is -0.342 e. The Kier molecular flexibility index (Phi) is 4.67. The summed E-state index contributed by atoms with van der Waals surface area (Å²) in [6.07, 6.45) is 4.82. The summed E-state index contributed by atoms with van der Waals surface area (Å²) in [4.78, 5) is 28.6. The van der Waals surface area contributed by atoms with E-state index in [9.17, 15) is 9.59 Å². The number of para-hydroxylation sites is 1. The van der Waals surface area contributed by atoms with E-state index in [1.165, 1.54) is 12.8 Å². The van der Waals surface area contributed by atoms with Crippen molar-refractivity contribution in [1.82, 2.24) is 4.90 Å². The molecule has 4 nitrogen and oxygen atoms in total. The van der Waals surface area contributed by atoms with Crippen molar-refractivity contribution >= 4 is 29.1 Å². The monoisotopic (exact) mass is 320 g/mol. The fourth-order valence-electron chi connectivity index (χ4n) is 3.33. The number of carbonyl (C=O) groups is 2. The first kappa shape index (κ1) is 15.3. The number of benzene rings is 1. The molecule has 22 heavy (non-hydrogen) atoms. The molecule has 1 unspecified atom stereocenters. The van der Waals surface area contributed by atoms with Gasteiger partial charge in [0, 0.05) is 26.1 Å². The highest BCUT2D eigenvalue weighted by Gasteiger charge is 2.37. The van der Waals surface area contributed by atoms with Crippen LogP contribution in [0.4, 0.5) is 5.69 Å². The summed E-state index contributed by atoms with van der Waals surface area (Å²) < 4.78 is 0. The number of anilines is 1. The van der Waals surface area contributed by atoms with Crippen LogP contribution in [-0.2, 0) is 9.59 Å². The molecule has 1 atom stereocenters. The highest BCUT2D eigenvalue weighted by atomic mass is 35.5. The van der Waals surface area contributed by atoms with Gasteiger partial charge in [0.05, 0.1) is 16.6 Å². The smallest absolute Gasteiger partial charge is 0.228 e. The normalized spacial score (nSPS) is 22.8. The molecule has 0 bridgehead atoms. The van der Waals surface area contributed by atoms with E-state index in [0.717, 1.165) is 25.9 Å². The second kappa shape index (κ2) is 6.69. The minimum atomic E-state index is -0.234. The van der Waals surface area contributed by atoms with E-state index in [1.54, 1.807) is 11.0 Å². The second-order valence-electron chi connectivity index (χ2n) is 6.10. The molecule has 0 saturated carbocycles. The van der Waals surface area contributed by atoms with Crippen LogP contribution in [0.1, 0.15) is 32.1 Å². The third-order valence-electron chi connectivity index (χ3n) is 4.54. The van der Waals surface area contributed by atoms with Crippen LogP contribution in [0.2, 0.25) is 5.02 Å². The number of amides is 2. The number of hydrogen-bond donors (Lipinski definition) is 0. The number of carbonyl (C=O) groups excluding carboxylic acids is 2. The largest absolute Gasteiger partial charge is 0.342 e. The maximum atomic E-state index is 12.7. The Hall–Kier alpha value is -1.55. The fourth-order valence-corrected chi connectivity index (χ4v) is 3.56. The number of hydrogen-bond acceptors (Lipinski definition) is 2. The molecule has 0 N–H and O–H groups in total. The first-order valence-electron chi connectivity index (χ1n) is 8.00. The van der Waals surface area contributed by atoms with Gasteiger partial charge in [0.25, 0.3) is 0 Å².